The molecule has 0 bridgehead atoms. The number of benzene rings is 1. The lowest BCUT2D eigenvalue weighted by atomic mass is 10.2. The second-order valence-corrected chi connectivity index (χ2v) is 9.62. The van der Waals surface area contributed by atoms with Gasteiger partial charge in [0.25, 0.3) is 10.0 Å². The second-order valence-electron chi connectivity index (χ2n) is 5.98. The molecule has 1 aromatic carbocycles. The zero-order chi connectivity index (χ0) is 17.6. The Morgan fingerprint density at radius 3 is 2.88 bits per heavy atom. The number of rotatable bonds is 3. The van der Waals surface area contributed by atoms with Gasteiger partial charge in [-0.2, -0.15) is 4.31 Å². The number of imidazole rings is 1. The number of thiophene rings is 1. The molecule has 1 aliphatic rings. The van der Waals surface area contributed by atoms with Gasteiger partial charge in [-0.15, -0.1) is 23.7 Å². The molecule has 0 spiro atoms. The van der Waals surface area contributed by atoms with Crippen LogP contribution >= 0.6 is 35.3 Å². The number of nitrogens with zero attached hydrogens (tertiary/aromatic N) is 3. The van der Waals surface area contributed by atoms with Crippen molar-refractivity contribution < 1.29 is 8.42 Å². The van der Waals surface area contributed by atoms with Gasteiger partial charge in [0.05, 0.1) is 6.04 Å². The normalized spacial score (nSPS) is 18.8. The van der Waals surface area contributed by atoms with Crippen molar-refractivity contribution in [3.63, 3.8) is 0 Å². The number of sulfonamides is 1. The first kappa shape index (κ1) is 19.6. The molecule has 1 aliphatic heterocycles. The van der Waals surface area contributed by atoms with Crippen molar-refractivity contribution in [1.82, 2.24) is 19.2 Å². The fraction of sp³-hybridized carbons (Fsp3) is 0.312. The summed E-state index contributed by atoms with van der Waals surface area (Å²) in [4.78, 5) is 4.35. The summed E-state index contributed by atoms with van der Waals surface area (Å²) < 4.78 is 31.3. The minimum atomic E-state index is -3.61. The third-order valence-electron chi connectivity index (χ3n) is 4.37. The first-order valence-electron chi connectivity index (χ1n) is 7.86. The molecule has 140 valence electrons. The lowest BCUT2D eigenvalue weighted by molar-refractivity contribution is 0.259. The molecule has 3 heterocycles. The topological polar surface area (TPSA) is 67.2 Å². The van der Waals surface area contributed by atoms with Crippen LogP contribution in [0.25, 0.3) is 10.1 Å². The van der Waals surface area contributed by atoms with Gasteiger partial charge in [-0.1, -0.05) is 11.6 Å². The number of aryl methyl sites for hydroxylation is 1. The molecule has 0 aliphatic carbocycles. The predicted octanol–water partition coefficient (Wildman–Crippen LogP) is 3.05. The number of hydrogen-bond donors (Lipinski definition) is 1. The Balaban J connectivity index is 0.00000196. The zero-order valence-corrected chi connectivity index (χ0v) is 17.1. The lowest BCUT2D eigenvalue weighted by Crippen LogP contribution is -2.49. The van der Waals surface area contributed by atoms with E-state index in [9.17, 15) is 8.42 Å². The van der Waals surface area contributed by atoms with E-state index < -0.39 is 10.0 Å². The van der Waals surface area contributed by atoms with Gasteiger partial charge in [-0.3, -0.25) is 0 Å². The summed E-state index contributed by atoms with van der Waals surface area (Å²) in [7, 11) is -1.74. The molecule has 1 unspecified atom stereocenters. The number of aromatic nitrogens is 2. The zero-order valence-electron chi connectivity index (χ0n) is 13.9. The molecule has 2 aromatic heterocycles. The van der Waals surface area contributed by atoms with Crippen LogP contribution in [0.5, 0.6) is 0 Å². The van der Waals surface area contributed by atoms with Gasteiger partial charge >= 0.3 is 0 Å². The lowest BCUT2D eigenvalue weighted by Gasteiger charge is -2.34. The van der Waals surface area contributed by atoms with Crippen LogP contribution in [0.15, 0.2) is 40.9 Å². The van der Waals surface area contributed by atoms with Crippen molar-refractivity contribution >= 4 is 55.5 Å². The Kier molecular flexibility index (Phi) is 5.62. The fourth-order valence-electron chi connectivity index (χ4n) is 3.12. The van der Waals surface area contributed by atoms with E-state index in [0.29, 0.717) is 28.9 Å². The Morgan fingerprint density at radius 1 is 1.35 bits per heavy atom. The van der Waals surface area contributed by atoms with E-state index in [1.165, 1.54) is 11.3 Å². The van der Waals surface area contributed by atoms with E-state index in [4.69, 9.17) is 11.6 Å². The van der Waals surface area contributed by atoms with Crippen molar-refractivity contribution in [1.29, 1.82) is 0 Å². The van der Waals surface area contributed by atoms with Crippen molar-refractivity contribution in [2.24, 2.45) is 7.05 Å². The summed E-state index contributed by atoms with van der Waals surface area (Å²) in [5, 5.41) is 4.71. The molecule has 10 heteroatoms. The Hall–Kier alpha value is -1.16. The standard InChI is InChI=1S/C16H17ClN4O2S2.ClH/c1-20-6-5-19-16(20)13-10-18-4-7-21(13)25(22,23)15-9-11-8-12(17)2-3-14(11)24-15;/h2-3,5-6,8-9,13,18H,4,7,10H2,1H3;1H. The highest BCUT2D eigenvalue weighted by Gasteiger charge is 2.37. The van der Waals surface area contributed by atoms with Gasteiger partial charge in [0.15, 0.2) is 0 Å². The minimum absolute atomic E-state index is 0. The van der Waals surface area contributed by atoms with Gasteiger partial charge in [0.2, 0.25) is 0 Å². The Morgan fingerprint density at radius 2 is 2.15 bits per heavy atom. The molecule has 1 N–H and O–H groups in total. The monoisotopic (exact) mass is 432 g/mol. The number of piperazine rings is 1. The van der Waals surface area contributed by atoms with Crippen LogP contribution in [-0.2, 0) is 17.1 Å². The maximum atomic E-state index is 13.3. The van der Waals surface area contributed by atoms with E-state index in [1.54, 1.807) is 28.7 Å². The third-order valence-corrected chi connectivity index (χ3v) is 8.08. The van der Waals surface area contributed by atoms with Gasteiger partial charge < -0.3 is 9.88 Å². The van der Waals surface area contributed by atoms with Crippen LogP contribution in [0.3, 0.4) is 0 Å². The molecule has 1 atom stereocenters. The molecular weight excluding hydrogens is 415 g/mol. The second kappa shape index (κ2) is 7.46. The first-order chi connectivity index (χ1) is 12.0. The Bertz CT molecular complexity index is 1030. The maximum absolute atomic E-state index is 13.3. The van der Waals surface area contributed by atoms with Crippen LogP contribution in [0.2, 0.25) is 5.02 Å². The van der Waals surface area contributed by atoms with Crippen LogP contribution < -0.4 is 5.32 Å². The SMILES string of the molecule is Cl.Cn1ccnc1C1CNCCN1S(=O)(=O)c1cc2cc(Cl)ccc2s1. The quantitative estimate of drug-likeness (QED) is 0.690. The van der Waals surface area contributed by atoms with Crippen LogP contribution in [0.1, 0.15) is 11.9 Å². The molecule has 0 amide bonds. The van der Waals surface area contributed by atoms with Gasteiger partial charge in [0.1, 0.15) is 10.0 Å². The van der Waals surface area contributed by atoms with E-state index >= 15 is 0 Å². The van der Waals surface area contributed by atoms with E-state index in [-0.39, 0.29) is 18.4 Å². The number of fused-ring (bicyclic) bond motifs is 1. The summed E-state index contributed by atoms with van der Waals surface area (Å²) in [5.41, 5.74) is 0. The molecule has 1 saturated heterocycles. The minimum Gasteiger partial charge on any atom is -0.337 e. The molecular formula is C16H18Cl2N4O2S2. The summed E-state index contributed by atoms with van der Waals surface area (Å²) in [6, 6.07) is 6.81. The summed E-state index contributed by atoms with van der Waals surface area (Å²) in [6.45, 7) is 1.58. The van der Waals surface area contributed by atoms with Gasteiger partial charge in [0, 0.05) is 48.8 Å². The highest BCUT2D eigenvalue weighted by atomic mass is 35.5. The van der Waals surface area contributed by atoms with Gasteiger partial charge in [-0.05, 0) is 29.7 Å². The van der Waals surface area contributed by atoms with Crippen LogP contribution in [0.4, 0.5) is 0 Å². The van der Waals surface area contributed by atoms with Crippen LogP contribution in [0, 0.1) is 0 Å². The largest absolute Gasteiger partial charge is 0.337 e. The third kappa shape index (κ3) is 3.37. The highest BCUT2D eigenvalue weighted by molar-refractivity contribution is 7.91. The van der Waals surface area contributed by atoms with Crippen molar-refractivity contribution in [3.8, 4) is 0 Å². The molecule has 3 aromatic rings. The maximum Gasteiger partial charge on any atom is 0.253 e. The average Bonchev–Trinajstić information content (AvgIpc) is 3.20. The first-order valence-corrected chi connectivity index (χ1v) is 10.5. The van der Waals surface area contributed by atoms with Crippen molar-refractivity contribution in [3.05, 3.63) is 47.5 Å². The van der Waals surface area contributed by atoms with Crippen molar-refractivity contribution in [2.75, 3.05) is 19.6 Å². The molecule has 1 fully saturated rings. The summed E-state index contributed by atoms with van der Waals surface area (Å²) in [5.74, 6) is 0.736. The summed E-state index contributed by atoms with van der Waals surface area (Å²) >= 11 is 7.30. The molecule has 26 heavy (non-hydrogen) atoms. The Labute approximate surface area is 167 Å². The predicted molar refractivity (Wildman–Crippen MR) is 107 cm³/mol. The smallest absolute Gasteiger partial charge is 0.253 e. The van der Waals surface area contributed by atoms with Crippen molar-refractivity contribution in [2.45, 2.75) is 10.3 Å². The molecule has 6 nitrogen and oxygen atoms in total. The molecule has 0 saturated carbocycles. The van der Waals surface area contributed by atoms with Crippen LogP contribution in [-0.4, -0.2) is 41.9 Å². The van der Waals surface area contributed by atoms with Gasteiger partial charge in [-0.25, -0.2) is 13.4 Å². The van der Waals surface area contributed by atoms with E-state index in [2.05, 4.69) is 10.3 Å². The van der Waals surface area contributed by atoms with E-state index in [1.807, 2.05) is 23.9 Å². The summed E-state index contributed by atoms with van der Waals surface area (Å²) in [6.07, 6.45) is 3.52. The highest BCUT2D eigenvalue weighted by Crippen LogP contribution is 2.35. The average molecular weight is 433 g/mol. The fourth-order valence-corrected chi connectivity index (χ4v) is 6.40. The molecule has 0 radical (unpaired) electrons. The number of halogens is 2. The number of hydrogen-bond acceptors (Lipinski definition) is 5. The van der Waals surface area contributed by atoms with E-state index in [0.717, 1.165) is 15.9 Å². The number of nitrogens with one attached hydrogen (secondary N) is 1. The molecule has 4 rings (SSSR count).